The number of nitrogens with zero attached hydrogens (tertiary/aromatic N) is 1. The van der Waals surface area contributed by atoms with E-state index in [4.69, 9.17) is 4.74 Å². The Morgan fingerprint density at radius 2 is 1.76 bits per heavy atom. The predicted octanol–water partition coefficient (Wildman–Crippen LogP) is 2.88. The molecule has 0 aliphatic heterocycles. The maximum absolute atomic E-state index is 12.3. The van der Waals surface area contributed by atoms with Crippen molar-refractivity contribution in [2.24, 2.45) is 0 Å². The molecule has 0 bridgehead atoms. The third-order valence-corrected chi connectivity index (χ3v) is 5.14. The van der Waals surface area contributed by atoms with Gasteiger partial charge in [0.15, 0.2) is 0 Å². The van der Waals surface area contributed by atoms with Crippen molar-refractivity contribution in [1.29, 1.82) is 0 Å². The molecule has 25 heavy (non-hydrogen) atoms. The zero-order valence-electron chi connectivity index (χ0n) is 14.3. The lowest BCUT2D eigenvalue weighted by Gasteiger charge is -2.11. The molecule has 0 fully saturated rings. The van der Waals surface area contributed by atoms with Crippen molar-refractivity contribution in [3.63, 3.8) is 0 Å². The summed E-state index contributed by atoms with van der Waals surface area (Å²) in [7, 11) is -3.84. The van der Waals surface area contributed by atoms with Gasteiger partial charge in [0.2, 0.25) is 10.0 Å². The second-order valence-corrected chi connectivity index (χ2v) is 7.49. The zero-order chi connectivity index (χ0) is 18.6. The summed E-state index contributed by atoms with van der Waals surface area (Å²) in [6.45, 7) is 5.61. The van der Waals surface area contributed by atoms with Crippen molar-refractivity contribution in [1.82, 2.24) is 4.72 Å². The molecule has 0 heterocycles. The van der Waals surface area contributed by atoms with E-state index in [2.05, 4.69) is 4.72 Å². The van der Waals surface area contributed by atoms with E-state index in [1.165, 1.54) is 12.1 Å². The van der Waals surface area contributed by atoms with Gasteiger partial charge in [-0.05, 0) is 44.0 Å². The van der Waals surface area contributed by atoms with Crippen LogP contribution in [0, 0.1) is 30.9 Å². The molecule has 0 aromatic heterocycles. The van der Waals surface area contributed by atoms with E-state index in [0.717, 1.165) is 17.2 Å². The lowest BCUT2D eigenvalue weighted by atomic mass is 10.1. The van der Waals surface area contributed by atoms with E-state index in [-0.39, 0.29) is 23.7 Å². The van der Waals surface area contributed by atoms with Crippen LogP contribution in [-0.2, 0) is 10.0 Å². The molecular formula is C17H20N2O5S. The van der Waals surface area contributed by atoms with Gasteiger partial charge in [0.05, 0.1) is 9.82 Å². The second-order valence-electron chi connectivity index (χ2n) is 5.72. The third kappa shape index (κ3) is 4.77. The van der Waals surface area contributed by atoms with Crippen LogP contribution in [0.5, 0.6) is 5.75 Å². The maximum atomic E-state index is 12.3. The van der Waals surface area contributed by atoms with Crippen LogP contribution in [0.25, 0.3) is 0 Å². The van der Waals surface area contributed by atoms with Gasteiger partial charge in [-0.25, -0.2) is 13.1 Å². The van der Waals surface area contributed by atoms with Crippen molar-refractivity contribution < 1.29 is 18.1 Å². The minimum Gasteiger partial charge on any atom is -0.492 e. The van der Waals surface area contributed by atoms with Gasteiger partial charge in [-0.1, -0.05) is 18.2 Å². The van der Waals surface area contributed by atoms with Gasteiger partial charge >= 0.3 is 0 Å². The fourth-order valence-electron chi connectivity index (χ4n) is 2.24. The number of aryl methyl sites for hydroxylation is 3. The molecule has 0 saturated heterocycles. The first kappa shape index (κ1) is 18.9. The van der Waals surface area contributed by atoms with Crippen molar-refractivity contribution in [2.75, 3.05) is 13.2 Å². The highest BCUT2D eigenvalue weighted by atomic mass is 32.2. The topological polar surface area (TPSA) is 98.5 Å². The normalized spacial score (nSPS) is 11.3. The molecule has 7 nitrogen and oxygen atoms in total. The van der Waals surface area contributed by atoms with Crippen molar-refractivity contribution >= 4 is 15.7 Å². The molecule has 0 aliphatic carbocycles. The van der Waals surface area contributed by atoms with E-state index < -0.39 is 14.9 Å². The SMILES string of the molecule is Cc1ccc(C)c(OCCNS(=O)(=O)c2ccc(C)c([N+](=O)[O-])c2)c1. The number of ether oxygens (including phenoxy) is 1. The average Bonchev–Trinajstić information content (AvgIpc) is 2.54. The van der Waals surface area contributed by atoms with Gasteiger partial charge in [0.1, 0.15) is 12.4 Å². The Morgan fingerprint density at radius 1 is 1.08 bits per heavy atom. The summed E-state index contributed by atoms with van der Waals surface area (Å²) in [4.78, 5) is 10.2. The summed E-state index contributed by atoms with van der Waals surface area (Å²) in [6.07, 6.45) is 0. The van der Waals surface area contributed by atoms with Gasteiger partial charge in [0.25, 0.3) is 5.69 Å². The monoisotopic (exact) mass is 364 g/mol. The van der Waals surface area contributed by atoms with Gasteiger partial charge < -0.3 is 4.74 Å². The highest BCUT2D eigenvalue weighted by molar-refractivity contribution is 7.89. The van der Waals surface area contributed by atoms with Crippen molar-refractivity contribution in [2.45, 2.75) is 25.7 Å². The van der Waals surface area contributed by atoms with Crippen LogP contribution in [-0.4, -0.2) is 26.5 Å². The minimum absolute atomic E-state index is 0.0530. The largest absolute Gasteiger partial charge is 0.492 e. The van der Waals surface area contributed by atoms with E-state index >= 15 is 0 Å². The number of nitrogens with one attached hydrogen (secondary N) is 1. The fourth-order valence-corrected chi connectivity index (χ4v) is 3.27. The lowest BCUT2D eigenvalue weighted by Crippen LogP contribution is -2.28. The Bertz CT molecular complexity index is 894. The van der Waals surface area contributed by atoms with Crippen LogP contribution in [0.2, 0.25) is 0 Å². The first-order valence-corrected chi connectivity index (χ1v) is 9.14. The smallest absolute Gasteiger partial charge is 0.273 e. The number of benzene rings is 2. The molecule has 0 radical (unpaired) electrons. The Balaban J connectivity index is 2.01. The molecule has 8 heteroatoms. The fraction of sp³-hybridized carbons (Fsp3) is 0.294. The van der Waals surface area contributed by atoms with Crippen LogP contribution in [0.15, 0.2) is 41.3 Å². The maximum Gasteiger partial charge on any atom is 0.273 e. The number of nitro groups is 1. The molecule has 0 spiro atoms. The number of sulfonamides is 1. The first-order valence-electron chi connectivity index (χ1n) is 7.65. The number of hydrogen-bond acceptors (Lipinski definition) is 5. The third-order valence-electron chi connectivity index (χ3n) is 3.68. The van der Waals surface area contributed by atoms with Crippen LogP contribution in [0.3, 0.4) is 0 Å². The standard InChI is InChI=1S/C17H20N2O5S/c1-12-4-5-14(3)17(10-12)24-9-8-18-25(22,23)15-7-6-13(2)16(11-15)19(20)21/h4-7,10-11,18H,8-9H2,1-3H3. The van der Waals surface area contributed by atoms with Crippen molar-refractivity contribution in [3.8, 4) is 5.75 Å². The zero-order valence-corrected chi connectivity index (χ0v) is 15.1. The van der Waals surface area contributed by atoms with Gasteiger partial charge in [-0.2, -0.15) is 0 Å². The molecule has 2 aromatic carbocycles. The van der Waals surface area contributed by atoms with E-state index in [0.29, 0.717) is 11.3 Å². The highest BCUT2D eigenvalue weighted by Gasteiger charge is 2.19. The molecule has 0 atom stereocenters. The van der Waals surface area contributed by atoms with E-state index in [9.17, 15) is 18.5 Å². The van der Waals surface area contributed by atoms with Gasteiger partial charge in [-0.15, -0.1) is 0 Å². The number of nitro benzene ring substituents is 1. The van der Waals surface area contributed by atoms with Crippen LogP contribution in [0.4, 0.5) is 5.69 Å². The van der Waals surface area contributed by atoms with Crippen LogP contribution >= 0.6 is 0 Å². The first-order chi connectivity index (χ1) is 11.7. The number of hydrogen-bond donors (Lipinski definition) is 1. The Morgan fingerprint density at radius 3 is 2.44 bits per heavy atom. The second kappa shape index (κ2) is 7.62. The Kier molecular flexibility index (Phi) is 5.76. The van der Waals surface area contributed by atoms with Gasteiger partial charge in [0, 0.05) is 18.2 Å². The van der Waals surface area contributed by atoms with Crippen LogP contribution < -0.4 is 9.46 Å². The summed E-state index contributed by atoms with van der Waals surface area (Å²) in [5.74, 6) is 0.699. The van der Waals surface area contributed by atoms with E-state index in [1.54, 1.807) is 6.92 Å². The molecule has 2 rings (SSSR count). The average molecular weight is 364 g/mol. The van der Waals surface area contributed by atoms with Gasteiger partial charge in [-0.3, -0.25) is 10.1 Å². The summed E-state index contributed by atoms with van der Waals surface area (Å²) < 4.78 is 32.5. The van der Waals surface area contributed by atoms with Crippen LogP contribution in [0.1, 0.15) is 16.7 Å². The summed E-state index contributed by atoms with van der Waals surface area (Å²) in [6, 6.07) is 9.60. The Hall–Kier alpha value is -2.45. The molecule has 0 amide bonds. The molecule has 134 valence electrons. The van der Waals surface area contributed by atoms with Crippen molar-refractivity contribution in [3.05, 3.63) is 63.2 Å². The number of rotatable bonds is 7. The molecule has 0 saturated carbocycles. The summed E-state index contributed by atoms with van der Waals surface area (Å²) in [5.41, 5.74) is 2.19. The molecule has 2 aromatic rings. The minimum atomic E-state index is -3.84. The summed E-state index contributed by atoms with van der Waals surface area (Å²) >= 11 is 0. The quantitative estimate of drug-likeness (QED) is 0.463. The molecule has 1 N–H and O–H groups in total. The molecule has 0 aliphatic rings. The lowest BCUT2D eigenvalue weighted by molar-refractivity contribution is -0.385. The molecule has 0 unspecified atom stereocenters. The highest BCUT2D eigenvalue weighted by Crippen LogP contribution is 2.22. The van der Waals surface area contributed by atoms with E-state index in [1.807, 2.05) is 32.0 Å². The summed E-state index contributed by atoms with van der Waals surface area (Å²) in [5, 5.41) is 10.9. The predicted molar refractivity (Wildman–Crippen MR) is 94.4 cm³/mol. The molecular weight excluding hydrogens is 344 g/mol. The Labute approximate surface area is 146 Å².